The quantitative estimate of drug-likeness (QED) is 0.702. The number of aliphatic hydroxyl groups is 1. The lowest BCUT2D eigenvalue weighted by Gasteiger charge is -2.41. The van der Waals surface area contributed by atoms with Crippen LogP contribution in [0.15, 0.2) is 56.3 Å². The lowest BCUT2D eigenvalue weighted by atomic mass is 9.88. The molecule has 2 aliphatic heterocycles. The van der Waals surface area contributed by atoms with Crippen molar-refractivity contribution in [2.24, 2.45) is 0 Å². The molecule has 1 unspecified atom stereocenters. The fourth-order valence-corrected chi connectivity index (χ4v) is 4.56. The van der Waals surface area contributed by atoms with Crippen molar-refractivity contribution in [1.82, 2.24) is 10.2 Å². The fourth-order valence-electron chi connectivity index (χ4n) is 3.69. The third-order valence-corrected chi connectivity index (χ3v) is 6.31. The number of methoxy groups -OCH3 is 1. The summed E-state index contributed by atoms with van der Waals surface area (Å²) >= 11 is 18.6. The number of benzene rings is 1. The van der Waals surface area contributed by atoms with E-state index in [9.17, 15) is 14.7 Å². The second-order valence-corrected chi connectivity index (χ2v) is 7.67. The highest BCUT2D eigenvalue weighted by Gasteiger charge is 2.58. The molecule has 0 saturated carbocycles. The first-order chi connectivity index (χ1) is 13.3. The number of carbonyl (C=O) groups excluding carboxylic acids is 2. The molecule has 1 saturated heterocycles. The van der Waals surface area contributed by atoms with Crippen molar-refractivity contribution in [2.45, 2.75) is 12.1 Å². The van der Waals surface area contributed by atoms with Crippen molar-refractivity contribution >= 4 is 46.4 Å². The van der Waals surface area contributed by atoms with Crippen molar-refractivity contribution in [3.8, 4) is 5.75 Å². The van der Waals surface area contributed by atoms with Gasteiger partial charge in [-0.05, 0) is 30.7 Å². The summed E-state index contributed by atoms with van der Waals surface area (Å²) in [6.45, 7) is 0.996. The highest BCUT2D eigenvalue weighted by Crippen LogP contribution is 2.53. The zero-order valence-electron chi connectivity index (χ0n) is 14.7. The van der Waals surface area contributed by atoms with E-state index >= 15 is 0 Å². The van der Waals surface area contributed by atoms with Gasteiger partial charge in [0.2, 0.25) is 11.5 Å². The number of allylic oxidation sites excluding steroid dienone is 2. The van der Waals surface area contributed by atoms with Gasteiger partial charge in [0.15, 0.2) is 5.78 Å². The number of hydrogen-bond acceptors (Lipinski definition) is 6. The molecule has 3 aliphatic rings. The number of halogens is 3. The Balaban J connectivity index is 1.92. The van der Waals surface area contributed by atoms with Crippen molar-refractivity contribution < 1.29 is 19.4 Å². The standard InChI is InChI=1S/C19H15Cl3N2O4/c1-28-10-5-3-9(4-6-10)15(25)11-12-13(20)16(26)14(21)17(22)19(12,27)24-8-2-7-23-18(11)24/h3-6,23,27H,2,7-8H2,1H3. The van der Waals surface area contributed by atoms with E-state index < -0.39 is 17.3 Å². The molecule has 0 aromatic heterocycles. The molecule has 1 atom stereocenters. The number of carbonyl (C=O) groups is 2. The minimum atomic E-state index is -1.97. The predicted molar refractivity (Wildman–Crippen MR) is 105 cm³/mol. The van der Waals surface area contributed by atoms with Gasteiger partial charge in [0, 0.05) is 24.2 Å². The highest BCUT2D eigenvalue weighted by atomic mass is 35.5. The van der Waals surface area contributed by atoms with Gasteiger partial charge in [0.25, 0.3) is 0 Å². The lowest BCUT2D eigenvalue weighted by molar-refractivity contribution is -0.112. The molecule has 146 valence electrons. The number of nitrogens with one attached hydrogen (secondary N) is 1. The van der Waals surface area contributed by atoms with Crippen LogP contribution in [0.3, 0.4) is 0 Å². The molecule has 4 rings (SSSR count). The van der Waals surface area contributed by atoms with E-state index in [1.54, 1.807) is 24.3 Å². The van der Waals surface area contributed by atoms with Crippen LogP contribution in [0.2, 0.25) is 0 Å². The summed E-state index contributed by atoms with van der Waals surface area (Å²) in [6.07, 6.45) is 0.691. The fraction of sp³-hybridized carbons (Fsp3) is 0.263. The third kappa shape index (κ3) is 2.52. The molecular formula is C19H15Cl3N2O4. The van der Waals surface area contributed by atoms with Gasteiger partial charge in [-0.15, -0.1) is 0 Å². The van der Waals surface area contributed by atoms with Crippen LogP contribution in [0.5, 0.6) is 5.75 Å². The molecule has 2 N–H and O–H groups in total. The molecule has 1 fully saturated rings. The molecule has 1 aromatic rings. The molecule has 0 radical (unpaired) electrons. The monoisotopic (exact) mass is 440 g/mol. The highest BCUT2D eigenvalue weighted by molar-refractivity contribution is 6.59. The maximum absolute atomic E-state index is 13.4. The molecule has 2 heterocycles. The molecule has 1 aromatic carbocycles. The lowest BCUT2D eigenvalue weighted by Crippen LogP contribution is -2.53. The Morgan fingerprint density at radius 3 is 2.54 bits per heavy atom. The normalized spacial score (nSPS) is 24.3. The number of fused-ring (bicyclic) bond motifs is 3. The van der Waals surface area contributed by atoms with E-state index in [-0.39, 0.29) is 26.2 Å². The third-order valence-electron chi connectivity index (χ3n) is 5.04. The summed E-state index contributed by atoms with van der Waals surface area (Å²) in [5.41, 5.74) is -1.56. The zero-order chi connectivity index (χ0) is 20.2. The Hall–Kier alpha value is -1.99. The Bertz CT molecular complexity index is 997. The van der Waals surface area contributed by atoms with Crippen LogP contribution in [0.1, 0.15) is 16.8 Å². The van der Waals surface area contributed by atoms with Gasteiger partial charge in [-0.3, -0.25) is 9.59 Å². The van der Waals surface area contributed by atoms with E-state index in [2.05, 4.69) is 5.32 Å². The maximum atomic E-state index is 13.4. The van der Waals surface area contributed by atoms with Gasteiger partial charge in [-0.2, -0.15) is 0 Å². The molecule has 28 heavy (non-hydrogen) atoms. The van der Waals surface area contributed by atoms with Gasteiger partial charge in [-0.25, -0.2) is 0 Å². The number of Topliss-reactive ketones (excluding diaryl/α,β-unsaturated/α-hetero) is 2. The van der Waals surface area contributed by atoms with Gasteiger partial charge < -0.3 is 20.1 Å². The smallest absolute Gasteiger partial charge is 0.217 e. The summed E-state index contributed by atoms with van der Waals surface area (Å²) in [5.74, 6) is -0.165. The molecule has 1 aliphatic carbocycles. The summed E-state index contributed by atoms with van der Waals surface area (Å²) in [4.78, 5) is 27.3. The van der Waals surface area contributed by atoms with Gasteiger partial charge >= 0.3 is 0 Å². The van der Waals surface area contributed by atoms with Crippen LogP contribution in [0.25, 0.3) is 0 Å². The van der Waals surface area contributed by atoms with E-state index in [1.807, 2.05) is 0 Å². The average molecular weight is 442 g/mol. The summed E-state index contributed by atoms with van der Waals surface area (Å²) in [7, 11) is 1.53. The zero-order valence-corrected chi connectivity index (χ0v) is 17.0. The number of ether oxygens (including phenoxy) is 1. The van der Waals surface area contributed by atoms with E-state index in [4.69, 9.17) is 39.5 Å². The maximum Gasteiger partial charge on any atom is 0.217 e. The Kier molecular flexibility index (Phi) is 4.70. The van der Waals surface area contributed by atoms with Crippen molar-refractivity contribution in [3.05, 3.63) is 61.9 Å². The first kappa shape index (κ1) is 19.3. The van der Waals surface area contributed by atoms with Crippen molar-refractivity contribution in [1.29, 1.82) is 0 Å². The summed E-state index contributed by atoms with van der Waals surface area (Å²) < 4.78 is 5.12. The van der Waals surface area contributed by atoms with Crippen molar-refractivity contribution in [3.63, 3.8) is 0 Å². The van der Waals surface area contributed by atoms with Crippen LogP contribution < -0.4 is 10.1 Å². The summed E-state index contributed by atoms with van der Waals surface area (Å²) in [5, 5.41) is 13.7. The van der Waals surface area contributed by atoms with Crippen LogP contribution in [0, 0.1) is 0 Å². The molecule has 9 heteroatoms. The SMILES string of the molecule is COc1ccc(C(=O)C2=C3NCCCN3C3(O)C(Cl)=C(Cl)C(=O)C(Cl)=C23)cc1. The topological polar surface area (TPSA) is 78.9 Å². The van der Waals surface area contributed by atoms with Gasteiger partial charge in [0.05, 0.1) is 22.7 Å². The Labute approximate surface area is 176 Å². The van der Waals surface area contributed by atoms with Crippen LogP contribution in [-0.2, 0) is 4.79 Å². The van der Waals surface area contributed by atoms with E-state index in [0.29, 0.717) is 36.6 Å². The number of nitrogens with zero attached hydrogens (tertiary/aromatic N) is 1. The number of ketones is 2. The Morgan fingerprint density at radius 2 is 1.89 bits per heavy atom. The number of hydrogen-bond donors (Lipinski definition) is 2. The van der Waals surface area contributed by atoms with Gasteiger partial charge in [-0.1, -0.05) is 34.8 Å². The Morgan fingerprint density at radius 1 is 1.21 bits per heavy atom. The van der Waals surface area contributed by atoms with Gasteiger partial charge in [0.1, 0.15) is 16.6 Å². The molecule has 6 nitrogen and oxygen atoms in total. The minimum Gasteiger partial charge on any atom is -0.497 e. The molecule has 0 bridgehead atoms. The van der Waals surface area contributed by atoms with Crippen LogP contribution in [-0.4, -0.2) is 47.5 Å². The second kappa shape index (κ2) is 6.81. The first-order valence-electron chi connectivity index (χ1n) is 8.50. The van der Waals surface area contributed by atoms with E-state index in [1.165, 1.54) is 12.0 Å². The molecular weight excluding hydrogens is 427 g/mol. The predicted octanol–water partition coefficient (Wildman–Crippen LogP) is 2.85. The average Bonchev–Trinajstić information content (AvgIpc) is 3.00. The van der Waals surface area contributed by atoms with E-state index in [0.717, 1.165) is 0 Å². The molecule has 0 spiro atoms. The van der Waals surface area contributed by atoms with Crippen LogP contribution >= 0.6 is 34.8 Å². The first-order valence-corrected chi connectivity index (χ1v) is 9.63. The molecule has 0 amide bonds. The largest absolute Gasteiger partial charge is 0.497 e. The second-order valence-electron chi connectivity index (χ2n) is 6.53. The minimum absolute atomic E-state index is 0.0428. The van der Waals surface area contributed by atoms with Crippen LogP contribution in [0.4, 0.5) is 0 Å². The number of rotatable bonds is 3. The summed E-state index contributed by atoms with van der Waals surface area (Å²) in [6, 6.07) is 6.50. The van der Waals surface area contributed by atoms with Crippen molar-refractivity contribution in [2.75, 3.05) is 20.2 Å².